The molecule has 8 heteroatoms. The standard InChI is InChI=1S/C26H28N4O3S/c1-16-11-25(2,3)15-26(12-16)22(32)30(24(33)29-26)13-21(31)28-23-27-20(14-34-23)19-10-6-8-17-7-4-5-9-18(17)19/h4-10,14,16H,11-13,15H2,1-3H3,(H,29,33)(H,27,28,31). The third-order valence-electron chi connectivity index (χ3n) is 6.74. The number of amides is 4. The van der Waals surface area contributed by atoms with Gasteiger partial charge in [0, 0.05) is 10.9 Å². The minimum atomic E-state index is -0.915. The van der Waals surface area contributed by atoms with Gasteiger partial charge >= 0.3 is 6.03 Å². The first-order valence-corrected chi connectivity index (χ1v) is 12.4. The lowest BCUT2D eigenvalue weighted by atomic mass is 9.64. The quantitative estimate of drug-likeness (QED) is 0.516. The van der Waals surface area contributed by atoms with Crippen LogP contribution in [-0.4, -0.2) is 39.8 Å². The average Bonchev–Trinajstić information content (AvgIpc) is 3.30. The van der Waals surface area contributed by atoms with Crippen molar-refractivity contribution in [2.24, 2.45) is 11.3 Å². The molecule has 2 fully saturated rings. The summed E-state index contributed by atoms with van der Waals surface area (Å²) < 4.78 is 0. The summed E-state index contributed by atoms with van der Waals surface area (Å²) in [5.74, 6) is -0.435. The number of carbonyl (C=O) groups excluding carboxylic acids is 3. The molecule has 1 aliphatic carbocycles. The highest BCUT2D eigenvalue weighted by Gasteiger charge is 2.56. The fraction of sp³-hybridized carbons (Fsp3) is 0.385. The van der Waals surface area contributed by atoms with Crippen LogP contribution in [0.2, 0.25) is 0 Å². The highest BCUT2D eigenvalue weighted by Crippen LogP contribution is 2.46. The summed E-state index contributed by atoms with van der Waals surface area (Å²) in [6, 6.07) is 13.6. The monoisotopic (exact) mass is 476 g/mol. The van der Waals surface area contributed by atoms with E-state index in [9.17, 15) is 14.4 Å². The van der Waals surface area contributed by atoms with E-state index in [4.69, 9.17) is 0 Å². The van der Waals surface area contributed by atoms with Gasteiger partial charge in [-0.1, -0.05) is 63.2 Å². The number of aromatic nitrogens is 1. The fourth-order valence-electron chi connectivity index (χ4n) is 5.86. The van der Waals surface area contributed by atoms with E-state index in [-0.39, 0.29) is 17.9 Å². The zero-order valence-corrected chi connectivity index (χ0v) is 20.4. The van der Waals surface area contributed by atoms with Crippen molar-refractivity contribution in [1.29, 1.82) is 0 Å². The molecule has 0 radical (unpaired) electrons. The van der Waals surface area contributed by atoms with Crippen LogP contribution in [0, 0.1) is 11.3 Å². The molecule has 1 aromatic heterocycles. The number of urea groups is 1. The summed E-state index contributed by atoms with van der Waals surface area (Å²) in [4.78, 5) is 44.3. The zero-order chi connectivity index (χ0) is 24.1. The molecule has 5 rings (SSSR count). The Kier molecular flexibility index (Phi) is 5.43. The maximum absolute atomic E-state index is 13.3. The molecule has 7 nitrogen and oxygen atoms in total. The third kappa shape index (κ3) is 4.07. The molecular weight excluding hydrogens is 448 g/mol. The Hall–Kier alpha value is -3.26. The molecule has 2 atom stereocenters. The molecule has 2 aromatic carbocycles. The molecule has 2 aliphatic rings. The smallest absolute Gasteiger partial charge is 0.323 e. The number of thiazole rings is 1. The summed E-state index contributed by atoms with van der Waals surface area (Å²) in [5, 5.41) is 10.2. The van der Waals surface area contributed by atoms with Gasteiger partial charge in [-0.2, -0.15) is 0 Å². The number of hydrogen-bond acceptors (Lipinski definition) is 5. The van der Waals surface area contributed by atoms with Crippen LogP contribution in [0.4, 0.5) is 9.93 Å². The second kappa shape index (κ2) is 8.20. The predicted molar refractivity (Wildman–Crippen MR) is 133 cm³/mol. The second-order valence-corrected chi connectivity index (χ2v) is 11.2. The number of nitrogens with zero attached hydrogens (tertiary/aromatic N) is 2. The van der Waals surface area contributed by atoms with Gasteiger partial charge < -0.3 is 10.6 Å². The van der Waals surface area contributed by atoms with Crippen LogP contribution in [-0.2, 0) is 9.59 Å². The molecule has 2 unspecified atom stereocenters. The molecule has 4 amide bonds. The second-order valence-electron chi connectivity index (χ2n) is 10.4. The van der Waals surface area contributed by atoms with Gasteiger partial charge in [-0.05, 0) is 41.4 Å². The Labute approximate surface area is 202 Å². The molecule has 3 aromatic rings. The van der Waals surface area contributed by atoms with Crippen LogP contribution in [0.25, 0.3) is 22.0 Å². The molecular formula is C26H28N4O3S. The molecule has 1 spiro atoms. The van der Waals surface area contributed by atoms with Crippen LogP contribution < -0.4 is 10.6 Å². The summed E-state index contributed by atoms with van der Waals surface area (Å²) in [5.41, 5.74) is 0.781. The van der Waals surface area contributed by atoms with Gasteiger partial charge in [0.15, 0.2) is 5.13 Å². The van der Waals surface area contributed by atoms with Crippen molar-refractivity contribution < 1.29 is 14.4 Å². The molecule has 1 saturated carbocycles. The Morgan fingerprint density at radius 1 is 1.18 bits per heavy atom. The number of nitrogens with one attached hydrogen (secondary N) is 2. The lowest BCUT2D eigenvalue weighted by Crippen LogP contribution is -2.54. The van der Waals surface area contributed by atoms with E-state index in [1.807, 2.05) is 47.8 Å². The normalized spacial score (nSPS) is 24.0. The number of hydrogen-bond donors (Lipinski definition) is 2. The molecule has 176 valence electrons. The predicted octanol–water partition coefficient (Wildman–Crippen LogP) is 5.04. The van der Waals surface area contributed by atoms with Crippen molar-refractivity contribution in [2.75, 3.05) is 11.9 Å². The Balaban J connectivity index is 1.29. The molecule has 2 heterocycles. The van der Waals surface area contributed by atoms with Gasteiger partial charge in [0.25, 0.3) is 5.91 Å². The number of imide groups is 1. The van der Waals surface area contributed by atoms with Gasteiger partial charge in [0.2, 0.25) is 5.91 Å². The van der Waals surface area contributed by atoms with Crippen LogP contribution in [0.5, 0.6) is 0 Å². The van der Waals surface area contributed by atoms with E-state index < -0.39 is 17.5 Å². The first-order valence-electron chi connectivity index (χ1n) is 11.5. The van der Waals surface area contributed by atoms with E-state index in [0.717, 1.165) is 33.4 Å². The van der Waals surface area contributed by atoms with E-state index >= 15 is 0 Å². The highest BCUT2D eigenvalue weighted by atomic mass is 32.1. The molecule has 2 N–H and O–H groups in total. The van der Waals surface area contributed by atoms with Crippen LogP contribution in [0.1, 0.15) is 40.0 Å². The average molecular weight is 477 g/mol. The van der Waals surface area contributed by atoms with Crippen LogP contribution >= 0.6 is 11.3 Å². The lowest BCUT2D eigenvalue weighted by Gasteiger charge is -2.43. The number of fused-ring (bicyclic) bond motifs is 1. The van der Waals surface area contributed by atoms with Crippen molar-refractivity contribution in [2.45, 2.75) is 45.6 Å². The summed E-state index contributed by atoms with van der Waals surface area (Å²) in [6.45, 7) is 6.02. The molecule has 1 aliphatic heterocycles. The Morgan fingerprint density at radius 2 is 1.94 bits per heavy atom. The van der Waals surface area contributed by atoms with Gasteiger partial charge in [0.05, 0.1) is 5.69 Å². The third-order valence-corrected chi connectivity index (χ3v) is 7.50. The summed E-state index contributed by atoms with van der Waals surface area (Å²) >= 11 is 1.32. The number of carbonyl (C=O) groups is 3. The molecule has 34 heavy (non-hydrogen) atoms. The van der Waals surface area contributed by atoms with E-state index in [1.165, 1.54) is 11.3 Å². The van der Waals surface area contributed by atoms with Gasteiger partial charge in [-0.3, -0.25) is 14.5 Å². The molecule has 1 saturated heterocycles. The maximum atomic E-state index is 13.3. The van der Waals surface area contributed by atoms with E-state index in [1.54, 1.807) is 0 Å². The van der Waals surface area contributed by atoms with Crippen molar-refractivity contribution in [3.63, 3.8) is 0 Å². The Morgan fingerprint density at radius 3 is 2.74 bits per heavy atom. The van der Waals surface area contributed by atoms with E-state index in [0.29, 0.717) is 23.9 Å². The Bertz CT molecular complexity index is 1290. The summed E-state index contributed by atoms with van der Waals surface area (Å²) in [6.07, 6.45) is 2.18. The number of benzene rings is 2. The fourth-order valence-corrected chi connectivity index (χ4v) is 6.58. The first kappa shape index (κ1) is 22.5. The lowest BCUT2D eigenvalue weighted by molar-refractivity contribution is -0.136. The maximum Gasteiger partial charge on any atom is 0.325 e. The SMILES string of the molecule is CC1CC(C)(C)CC2(C1)NC(=O)N(CC(=O)Nc1nc(-c3cccc4ccccc34)cs1)C2=O. The zero-order valence-electron chi connectivity index (χ0n) is 19.6. The number of anilines is 1. The van der Waals surface area contributed by atoms with Gasteiger partial charge in [-0.15, -0.1) is 11.3 Å². The van der Waals surface area contributed by atoms with Crippen molar-refractivity contribution in [3.8, 4) is 11.3 Å². The van der Waals surface area contributed by atoms with Crippen molar-refractivity contribution >= 4 is 45.1 Å². The summed E-state index contributed by atoms with van der Waals surface area (Å²) in [7, 11) is 0. The largest absolute Gasteiger partial charge is 0.325 e. The van der Waals surface area contributed by atoms with Crippen molar-refractivity contribution in [1.82, 2.24) is 15.2 Å². The minimum Gasteiger partial charge on any atom is -0.323 e. The topological polar surface area (TPSA) is 91.4 Å². The van der Waals surface area contributed by atoms with Gasteiger partial charge in [0.1, 0.15) is 12.1 Å². The van der Waals surface area contributed by atoms with Gasteiger partial charge in [-0.25, -0.2) is 9.78 Å². The van der Waals surface area contributed by atoms with E-state index in [2.05, 4.69) is 36.4 Å². The molecule has 0 bridgehead atoms. The minimum absolute atomic E-state index is 0.0578. The highest BCUT2D eigenvalue weighted by molar-refractivity contribution is 7.14. The van der Waals surface area contributed by atoms with Crippen molar-refractivity contribution in [3.05, 3.63) is 47.8 Å². The van der Waals surface area contributed by atoms with Crippen LogP contribution in [0.15, 0.2) is 47.8 Å². The first-order chi connectivity index (χ1) is 16.2. The van der Waals surface area contributed by atoms with Crippen LogP contribution in [0.3, 0.4) is 0 Å². The number of rotatable bonds is 4.